The summed E-state index contributed by atoms with van der Waals surface area (Å²) in [6.07, 6.45) is 4.30. The second kappa shape index (κ2) is 6.62. The first-order valence-electron chi connectivity index (χ1n) is 6.49. The number of halogens is 2. The van der Waals surface area contributed by atoms with Gasteiger partial charge in [0.1, 0.15) is 5.75 Å². The standard InChI is InChI=1S/C14H17BrClNO2/c15-7-2-8-17(11-3-1-4-11)14(19)10-5-6-13(18)12(16)9-10/h5-6,9,11,18H,1-4,7-8H2. The Bertz CT molecular complexity index is 463. The third-order valence-corrected chi connectivity index (χ3v) is 4.37. The third kappa shape index (κ3) is 3.42. The number of nitrogens with zero attached hydrogens (tertiary/aromatic N) is 1. The number of carbonyl (C=O) groups is 1. The van der Waals surface area contributed by atoms with Crippen LogP contribution < -0.4 is 0 Å². The maximum atomic E-state index is 12.5. The highest BCUT2D eigenvalue weighted by Gasteiger charge is 2.29. The summed E-state index contributed by atoms with van der Waals surface area (Å²) >= 11 is 9.27. The number of alkyl halides is 1. The van der Waals surface area contributed by atoms with Gasteiger partial charge in [0.15, 0.2) is 0 Å². The molecule has 0 spiro atoms. The lowest BCUT2D eigenvalue weighted by Gasteiger charge is -2.37. The van der Waals surface area contributed by atoms with E-state index in [1.807, 2.05) is 4.90 Å². The zero-order valence-electron chi connectivity index (χ0n) is 10.6. The molecule has 19 heavy (non-hydrogen) atoms. The van der Waals surface area contributed by atoms with Gasteiger partial charge in [0, 0.05) is 23.5 Å². The van der Waals surface area contributed by atoms with Gasteiger partial charge in [-0.25, -0.2) is 0 Å². The van der Waals surface area contributed by atoms with E-state index in [0.717, 1.165) is 31.1 Å². The number of benzene rings is 1. The van der Waals surface area contributed by atoms with Gasteiger partial charge in [-0.2, -0.15) is 0 Å². The second-order valence-electron chi connectivity index (χ2n) is 4.79. The molecule has 0 aliphatic heterocycles. The molecule has 0 atom stereocenters. The van der Waals surface area contributed by atoms with Gasteiger partial charge >= 0.3 is 0 Å². The van der Waals surface area contributed by atoms with Crippen molar-refractivity contribution in [2.24, 2.45) is 0 Å². The summed E-state index contributed by atoms with van der Waals surface area (Å²) in [6.45, 7) is 0.757. The average Bonchev–Trinajstić information content (AvgIpc) is 2.34. The largest absolute Gasteiger partial charge is 0.506 e. The first-order chi connectivity index (χ1) is 9.13. The molecule has 0 unspecified atom stereocenters. The molecule has 0 bridgehead atoms. The monoisotopic (exact) mass is 345 g/mol. The summed E-state index contributed by atoms with van der Waals surface area (Å²) < 4.78 is 0. The van der Waals surface area contributed by atoms with Crippen molar-refractivity contribution in [3.8, 4) is 5.75 Å². The van der Waals surface area contributed by atoms with Crippen LogP contribution in [0.4, 0.5) is 0 Å². The minimum absolute atomic E-state index is 0.00699. The van der Waals surface area contributed by atoms with Gasteiger partial charge in [0.25, 0.3) is 5.91 Å². The molecule has 2 rings (SSSR count). The first kappa shape index (κ1) is 14.7. The van der Waals surface area contributed by atoms with Gasteiger partial charge in [0.05, 0.1) is 5.02 Å². The van der Waals surface area contributed by atoms with Crippen LogP contribution in [0.25, 0.3) is 0 Å². The van der Waals surface area contributed by atoms with Crippen LogP contribution in [0, 0.1) is 0 Å². The van der Waals surface area contributed by atoms with Crippen molar-refractivity contribution in [2.45, 2.75) is 31.7 Å². The van der Waals surface area contributed by atoms with Crippen LogP contribution in [-0.2, 0) is 0 Å². The van der Waals surface area contributed by atoms with E-state index in [4.69, 9.17) is 11.6 Å². The number of rotatable bonds is 5. The normalized spacial score (nSPS) is 15.1. The van der Waals surface area contributed by atoms with Gasteiger partial charge in [-0.1, -0.05) is 27.5 Å². The van der Waals surface area contributed by atoms with Crippen LogP contribution in [0.5, 0.6) is 5.75 Å². The van der Waals surface area contributed by atoms with Gasteiger partial charge in [-0.3, -0.25) is 4.79 Å². The molecule has 1 fully saturated rings. The lowest BCUT2D eigenvalue weighted by molar-refractivity contribution is 0.0581. The number of carbonyl (C=O) groups excluding carboxylic acids is 1. The second-order valence-corrected chi connectivity index (χ2v) is 5.99. The van der Waals surface area contributed by atoms with E-state index < -0.39 is 0 Å². The van der Waals surface area contributed by atoms with E-state index in [1.165, 1.54) is 12.5 Å². The lowest BCUT2D eigenvalue weighted by Crippen LogP contribution is -2.44. The molecule has 3 nitrogen and oxygen atoms in total. The number of amides is 1. The van der Waals surface area contributed by atoms with Crippen LogP contribution in [0.2, 0.25) is 5.02 Å². The molecule has 0 aromatic heterocycles. The Kier molecular flexibility index (Phi) is 5.11. The number of hydrogen-bond donors (Lipinski definition) is 1. The molecular formula is C14H17BrClNO2. The van der Waals surface area contributed by atoms with Gasteiger partial charge in [0.2, 0.25) is 0 Å². The van der Waals surface area contributed by atoms with E-state index in [0.29, 0.717) is 11.6 Å². The first-order valence-corrected chi connectivity index (χ1v) is 7.99. The summed E-state index contributed by atoms with van der Waals surface area (Å²) in [5.74, 6) is 0.0152. The molecule has 0 saturated heterocycles. The Labute approximate surface area is 126 Å². The van der Waals surface area contributed by atoms with Crippen LogP contribution in [0.1, 0.15) is 36.0 Å². The Hall–Kier alpha value is -0.740. The van der Waals surface area contributed by atoms with Crippen molar-refractivity contribution in [2.75, 3.05) is 11.9 Å². The summed E-state index contributed by atoms with van der Waals surface area (Å²) in [6, 6.07) is 5.00. The average molecular weight is 347 g/mol. The fraction of sp³-hybridized carbons (Fsp3) is 0.500. The van der Waals surface area contributed by atoms with Crippen molar-refractivity contribution in [3.05, 3.63) is 28.8 Å². The van der Waals surface area contributed by atoms with Crippen molar-refractivity contribution in [3.63, 3.8) is 0 Å². The summed E-state index contributed by atoms with van der Waals surface area (Å²) in [5.41, 5.74) is 0.546. The fourth-order valence-electron chi connectivity index (χ4n) is 2.18. The van der Waals surface area contributed by atoms with Crippen LogP contribution in [0.3, 0.4) is 0 Å². The number of aromatic hydroxyl groups is 1. The molecule has 1 saturated carbocycles. The van der Waals surface area contributed by atoms with E-state index in [2.05, 4.69) is 15.9 Å². The highest BCUT2D eigenvalue weighted by atomic mass is 79.9. The molecule has 1 aromatic rings. The number of hydrogen-bond acceptors (Lipinski definition) is 2. The molecule has 1 aliphatic rings. The molecule has 1 amide bonds. The van der Waals surface area contributed by atoms with Gasteiger partial charge in [-0.15, -0.1) is 0 Å². The summed E-state index contributed by atoms with van der Waals surface area (Å²) in [5, 5.41) is 10.5. The molecule has 0 radical (unpaired) electrons. The molecule has 1 N–H and O–H groups in total. The Balaban J connectivity index is 2.15. The minimum Gasteiger partial charge on any atom is -0.506 e. The predicted octanol–water partition coefficient (Wildman–Crippen LogP) is 3.83. The SMILES string of the molecule is O=C(c1ccc(O)c(Cl)c1)N(CCCBr)C1CCC1. The van der Waals surface area contributed by atoms with Crippen LogP contribution >= 0.6 is 27.5 Å². The molecule has 1 aliphatic carbocycles. The number of phenolic OH excluding ortho intramolecular Hbond substituents is 1. The van der Waals surface area contributed by atoms with E-state index in [9.17, 15) is 9.90 Å². The quantitative estimate of drug-likeness (QED) is 0.823. The Morgan fingerprint density at radius 1 is 1.47 bits per heavy atom. The fourth-order valence-corrected chi connectivity index (χ4v) is 2.62. The Morgan fingerprint density at radius 3 is 2.74 bits per heavy atom. The Morgan fingerprint density at radius 2 is 2.21 bits per heavy atom. The molecule has 1 aromatic carbocycles. The zero-order valence-corrected chi connectivity index (χ0v) is 13.0. The lowest BCUT2D eigenvalue weighted by atomic mass is 9.91. The van der Waals surface area contributed by atoms with Crippen LogP contribution in [0.15, 0.2) is 18.2 Å². The van der Waals surface area contributed by atoms with E-state index in [1.54, 1.807) is 12.1 Å². The van der Waals surface area contributed by atoms with Crippen molar-refractivity contribution in [1.29, 1.82) is 0 Å². The van der Waals surface area contributed by atoms with Crippen molar-refractivity contribution < 1.29 is 9.90 Å². The molecular weight excluding hydrogens is 330 g/mol. The maximum absolute atomic E-state index is 12.5. The summed E-state index contributed by atoms with van der Waals surface area (Å²) in [4.78, 5) is 14.5. The van der Waals surface area contributed by atoms with Crippen LogP contribution in [-0.4, -0.2) is 33.8 Å². The van der Waals surface area contributed by atoms with E-state index >= 15 is 0 Å². The van der Waals surface area contributed by atoms with Gasteiger partial charge < -0.3 is 10.0 Å². The number of phenols is 1. The topological polar surface area (TPSA) is 40.5 Å². The summed E-state index contributed by atoms with van der Waals surface area (Å²) in [7, 11) is 0. The highest BCUT2D eigenvalue weighted by Crippen LogP contribution is 2.29. The van der Waals surface area contributed by atoms with E-state index in [-0.39, 0.29) is 16.7 Å². The van der Waals surface area contributed by atoms with Gasteiger partial charge in [-0.05, 0) is 43.9 Å². The molecule has 104 valence electrons. The smallest absolute Gasteiger partial charge is 0.254 e. The van der Waals surface area contributed by atoms with Crippen molar-refractivity contribution in [1.82, 2.24) is 4.90 Å². The maximum Gasteiger partial charge on any atom is 0.254 e. The molecule has 5 heteroatoms. The third-order valence-electron chi connectivity index (χ3n) is 3.50. The predicted molar refractivity (Wildman–Crippen MR) is 80.2 cm³/mol. The van der Waals surface area contributed by atoms with Crippen molar-refractivity contribution >= 4 is 33.4 Å². The zero-order chi connectivity index (χ0) is 13.8. The molecule has 0 heterocycles. The highest BCUT2D eigenvalue weighted by molar-refractivity contribution is 9.09. The minimum atomic E-state index is 0.00699.